The maximum Gasteiger partial charge on any atom is 0.266 e. The molecule has 5 rings (SSSR count). The molecule has 1 aliphatic rings. The average Bonchev–Trinajstić information content (AvgIpc) is 3.42. The maximum atomic E-state index is 14.3. The van der Waals surface area contributed by atoms with Crippen LogP contribution in [-0.2, 0) is 22.4 Å². The highest BCUT2D eigenvalue weighted by Gasteiger charge is 2.53. The molecule has 3 N–H and O–H groups in total. The lowest BCUT2D eigenvalue weighted by molar-refractivity contribution is -0.130. The normalized spacial score (nSPS) is 17.5. The molecule has 2 atom stereocenters. The van der Waals surface area contributed by atoms with Gasteiger partial charge in [-0.2, -0.15) is 0 Å². The number of aliphatic imine (C=N–C) groups is 1. The lowest BCUT2D eigenvalue weighted by atomic mass is 9.82. The van der Waals surface area contributed by atoms with Crippen molar-refractivity contribution in [3.8, 4) is 5.75 Å². The lowest BCUT2D eigenvalue weighted by Crippen LogP contribution is -2.54. The fraction of sp³-hybridized carbons (Fsp3) is 0.235. The first-order chi connectivity index (χ1) is 21.4. The Bertz CT molecular complexity index is 1600. The molecule has 0 bridgehead atoms. The monoisotopic (exact) mass is 723 g/mol. The average molecular weight is 725 g/mol. The van der Waals surface area contributed by atoms with Gasteiger partial charge in [0.25, 0.3) is 5.91 Å². The first-order valence-corrected chi connectivity index (χ1v) is 15.8. The summed E-state index contributed by atoms with van der Waals surface area (Å²) in [6.45, 7) is 0.772. The number of aliphatic hydroxyl groups excluding tert-OH is 1. The summed E-state index contributed by atoms with van der Waals surface area (Å²) in [6, 6.07) is 29.2. The highest BCUT2D eigenvalue weighted by Crippen LogP contribution is 2.43. The summed E-state index contributed by atoms with van der Waals surface area (Å²) in [6.07, 6.45) is 0.402. The van der Waals surface area contributed by atoms with Crippen LogP contribution in [0.15, 0.2) is 111 Å². The molecule has 1 aliphatic heterocycles. The number of amides is 1. The van der Waals surface area contributed by atoms with E-state index in [1.165, 1.54) is 6.07 Å². The van der Waals surface area contributed by atoms with Gasteiger partial charge in [-0.25, -0.2) is 14.8 Å². The van der Waals surface area contributed by atoms with Crippen molar-refractivity contribution >= 4 is 43.7 Å². The van der Waals surface area contributed by atoms with Crippen LogP contribution in [0.3, 0.4) is 0 Å². The fourth-order valence-corrected chi connectivity index (χ4v) is 5.69. The van der Waals surface area contributed by atoms with Crippen LogP contribution in [0.4, 0.5) is 4.39 Å². The van der Waals surface area contributed by atoms with Crippen LogP contribution in [-0.4, -0.2) is 42.2 Å². The number of aliphatic hydroxyl groups is 1. The van der Waals surface area contributed by atoms with Gasteiger partial charge in [-0.1, -0.05) is 80.4 Å². The smallest absolute Gasteiger partial charge is 0.266 e. The Morgan fingerprint density at radius 1 is 0.955 bits per heavy atom. The van der Waals surface area contributed by atoms with Crippen molar-refractivity contribution < 1.29 is 23.8 Å². The number of halogens is 3. The van der Waals surface area contributed by atoms with Gasteiger partial charge < -0.3 is 14.6 Å². The molecule has 0 aromatic heterocycles. The van der Waals surface area contributed by atoms with E-state index in [-0.39, 0.29) is 24.8 Å². The second-order valence-corrected chi connectivity index (χ2v) is 12.1. The summed E-state index contributed by atoms with van der Waals surface area (Å²) in [5.74, 6) is 0.313. The minimum atomic E-state index is -1.39. The Kier molecular flexibility index (Phi) is 10.8. The summed E-state index contributed by atoms with van der Waals surface area (Å²) in [5.41, 5.74) is 7.36. The van der Waals surface area contributed by atoms with Crippen molar-refractivity contribution in [2.45, 2.75) is 30.9 Å². The van der Waals surface area contributed by atoms with Gasteiger partial charge in [0.2, 0.25) is 5.90 Å². The van der Waals surface area contributed by atoms with Gasteiger partial charge in [-0.05, 0) is 71.6 Å². The van der Waals surface area contributed by atoms with Gasteiger partial charge in [0.15, 0.2) is 11.6 Å². The molecule has 0 aliphatic carbocycles. The molecule has 0 unspecified atom stereocenters. The van der Waals surface area contributed by atoms with Crippen LogP contribution in [0, 0.1) is 5.82 Å². The van der Waals surface area contributed by atoms with Crippen molar-refractivity contribution in [2.75, 3.05) is 19.8 Å². The van der Waals surface area contributed by atoms with E-state index >= 15 is 0 Å². The van der Waals surface area contributed by atoms with Crippen molar-refractivity contribution in [3.63, 3.8) is 0 Å². The molecule has 0 saturated heterocycles. The van der Waals surface area contributed by atoms with E-state index in [0.717, 1.165) is 20.1 Å². The van der Waals surface area contributed by atoms with Gasteiger partial charge >= 0.3 is 0 Å². The Morgan fingerprint density at radius 3 is 2.36 bits per heavy atom. The topological polar surface area (TPSA) is 92.2 Å². The Balaban J connectivity index is 1.48. The van der Waals surface area contributed by atoms with Crippen LogP contribution >= 0.6 is 31.9 Å². The molecule has 0 spiro atoms. The molecular weight excluding hydrogens is 693 g/mol. The third kappa shape index (κ3) is 7.55. The van der Waals surface area contributed by atoms with Crippen LogP contribution in [0.2, 0.25) is 0 Å². The van der Waals surface area contributed by atoms with Gasteiger partial charge in [0.05, 0.1) is 6.61 Å². The summed E-state index contributed by atoms with van der Waals surface area (Å²) < 4.78 is 28.2. The number of ether oxygens (including phenoxy) is 2. The van der Waals surface area contributed by atoms with Crippen LogP contribution < -0.4 is 15.6 Å². The molecule has 0 fully saturated rings. The Hall–Kier alpha value is -3.57. The number of nitrogens with one attached hydrogen (secondary N) is 2. The summed E-state index contributed by atoms with van der Waals surface area (Å²) >= 11 is 7.15. The maximum absolute atomic E-state index is 14.3. The van der Waals surface area contributed by atoms with Crippen LogP contribution in [0.5, 0.6) is 5.75 Å². The molecule has 10 heteroatoms. The predicted molar refractivity (Wildman–Crippen MR) is 175 cm³/mol. The van der Waals surface area contributed by atoms with Crippen molar-refractivity contribution in [2.24, 2.45) is 4.99 Å². The molecule has 7 nitrogen and oxygen atoms in total. The third-order valence-corrected chi connectivity index (χ3v) is 8.60. The molecule has 228 valence electrons. The Morgan fingerprint density at radius 2 is 1.66 bits per heavy atom. The second-order valence-electron chi connectivity index (χ2n) is 10.3. The number of nitrogens with zero attached hydrogens (tertiary/aromatic N) is 1. The van der Waals surface area contributed by atoms with E-state index in [1.807, 2.05) is 72.8 Å². The number of carbonyl (C=O) groups is 1. The van der Waals surface area contributed by atoms with E-state index in [4.69, 9.17) is 19.6 Å². The SMILES string of the molecule is O=C(NNCCc1ccccc1F)[C@@]1(Cc2ccccc2Br)N=C(c2ccc(OCCCO)cc2)O[C@H]1c1ccc(Br)cc1. The molecular formula is C34H32Br2FN3O4. The van der Waals surface area contributed by atoms with Gasteiger partial charge in [-0.3, -0.25) is 10.2 Å². The number of hydrogen-bond acceptors (Lipinski definition) is 6. The van der Waals surface area contributed by atoms with E-state index in [1.54, 1.807) is 18.2 Å². The molecule has 4 aromatic rings. The zero-order chi connectivity index (χ0) is 30.9. The first-order valence-electron chi connectivity index (χ1n) is 14.3. The van der Waals surface area contributed by atoms with Crippen molar-refractivity contribution in [1.82, 2.24) is 10.9 Å². The van der Waals surface area contributed by atoms with Gasteiger partial charge in [0.1, 0.15) is 11.6 Å². The summed E-state index contributed by atoms with van der Waals surface area (Å²) in [7, 11) is 0. The van der Waals surface area contributed by atoms with Crippen LogP contribution in [0.25, 0.3) is 0 Å². The highest BCUT2D eigenvalue weighted by molar-refractivity contribution is 9.10. The second kappa shape index (κ2) is 14.9. The van der Waals surface area contributed by atoms with Gasteiger partial charge in [-0.15, -0.1) is 0 Å². The standard InChI is InChI=1S/C34H32Br2FN3O4/c35-27-14-10-24(11-15-27)31-34(22-26-7-1-3-8-29(26)36,33(42)40-38-19-18-23-6-2-4-9-30(23)37)39-32(44-31)25-12-16-28(17-13-25)43-21-5-20-41/h1-4,6-17,31,38,41H,5,18-22H2,(H,40,42)/t31-,34-/m0/s1. The number of benzene rings is 4. The fourth-order valence-electron chi connectivity index (χ4n) is 5.00. The minimum Gasteiger partial charge on any atom is -0.494 e. The predicted octanol–water partition coefficient (Wildman–Crippen LogP) is 6.48. The number of hydrogen-bond donors (Lipinski definition) is 3. The molecule has 0 saturated carbocycles. The van der Waals surface area contributed by atoms with Crippen molar-refractivity contribution in [1.29, 1.82) is 0 Å². The number of carbonyl (C=O) groups excluding carboxylic acids is 1. The van der Waals surface area contributed by atoms with Gasteiger partial charge in [0, 0.05) is 40.5 Å². The quantitative estimate of drug-likeness (QED) is 0.109. The van der Waals surface area contributed by atoms with Crippen LogP contribution in [0.1, 0.15) is 34.8 Å². The van der Waals surface area contributed by atoms with E-state index < -0.39 is 11.6 Å². The zero-order valence-electron chi connectivity index (χ0n) is 23.8. The number of rotatable bonds is 13. The number of hydrazine groups is 1. The first kappa shape index (κ1) is 31.8. The molecule has 0 radical (unpaired) electrons. The zero-order valence-corrected chi connectivity index (χ0v) is 27.0. The van der Waals surface area contributed by atoms with E-state index in [2.05, 4.69) is 42.7 Å². The largest absolute Gasteiger partial charge is 0.494 e. The van der Waals surface area contributed by atoms with E-state index in [0.29, 0.717) is 48.8 Å². The molecule has 1 heterocycles. The Labute approximate surface area is 272 Å². The van der Waals surface area contributed by atoms with E-state index in [9.17, 15) is 9.18 Å². The van der Waals surface area contributed by atoms with Crippen molar-refractivity contribution in [3.05, 3.63) is 134 Å². The highest BCUT2D eigenvalue weighted by atomic mass is 79.9. The third-order valence-electron chi connectivity index (χ3n) is 7.30. The molecule has 4 aromatic carbocycles. The summed E-state index contributed by atoms with van der Waals surface area (Å²) in [4.78, 5) is 19.3. The minimum absolute atomic E-state index is 0.0554. The summed E-state index contributed by atoms with van der Waals surface area (Å²) in [5, 5.41) is 9.04. The molecule has 44 heavy (non-hydrogen) atoms. The lowest BCUT2D eigenvalue weighted by Gasteiger charge is -2.31. The molecule has 1 amide bonds.